The van der Waals surface area contributed by atoms with E-state index in [0.29, 0.717) is 19.0 Å². The fourth-order valence-electron chi connectivity index (χ4n) is 3.89. The van der Waals surface area contributed by atoms with Crippen molar-refractivity contribution in [1.29, 1.82) is 0 Å². The highest BCUT2D eigenvalue weighted by atomic mass is 16.5. The number of aromatic nitrogens is 3. The molecule has 0 saturated carbocycles. The van der Waals surface area contributed by atoms with Gasteiger partial charge in [0.2, 0.25) is 11.8 Å². The van der Waals surface area contributed by atoms with Gasteiger partial charge in [-0.2, -0.15) is 4.98 Å². The van der Waals surface area contributed by atoms with Crippen LogP contribution in [0.1, 0.15) is 50.0 Å². The van der Waals surface area contributed by atoms with Crippen molar-refractivity contribution in [3.8, 4) is 0 Å². The van der Waals surface area contributed by atoms with Gasteiger partial charge in [0.1, 0.15) is 0 Å². The van der Waals surface area contributed by atoms with Gasteiger partial charge in [0.05, 0.1) is 24.7 Å². The largest absolute Gasteiger partial charge is 0.338 e. The number of carbonyl (C=O) groups excluding carboxylic acids is 1. The molecule has 3 aliphatic heterocycles. The molecule has 0 aromatic carbocycles. The Labute approximate surface area is 153 Å². The smallest absolute Gasteiger partial charge is 0.240 e. The van der Waals surface area contributed by atoms with Gasteiger partial charge in [0.15, 0.2) is 5.82 Å². The third-order valence-electron chi connectivity index (χ3n) is 5.29. The van der Waals surface area contributed by atoms with Crippen LogP contribution in [0.4, 0.5) is 0 Å². The maximum atomic E-state index is 12.9. The Morgan fingerprint density at radius 1 is 1.23 bits per heavy atom. The molecule has 7 heteroatoms. The summed E-state index contributed by atoms with van der Waals surface area (Å²) >= 11 is 0. The topological polar surface area (TPSA) is 75.4 Å². The molecule has 0 radical (unpaired) electrons. The molecule has 5 heterocycles. The van der Waals surface area contributed by atoms with Crippen LogP contribution in [0.3, 0.4) is 0 Å². The van der Waals surface area contributed by atoms with Crippen LogP contribution >= 0.6 is 0 Å². The molecule has 3 fully saturated rings. The molecule has 2 aromatic heterocycles. The SMILES string of the molecule is CC(C)c1noc(CN2C[C@@H]3CC[C@H](C2)N(Cc2ccccn2)C3=O)n1. The zero-order chi connectivity index (χ0) is 18.1. The number of nitrogens with zero attached hydrogens (tertiary/aromatic N) is 5. The number of hydrogen-bond acceptors (Lipinski definition) is 6. The maximum Gasteiger partial charge on any atom is 0.240 e. The van der Waals surface area contributed by atoms with E-state index in [1.807, 2.05) is 23.1 Å². The van der Waals surface area contributed by atoms with Crippen LogP contribution < -0.4 is 0 Å². The summed E-state index contributed by atoms with van der Waals surface area (Å²) in [5.41, 5.74) is 0.943. The Kier molecular flexibility index (Phi) is 4.72. The van der Waals surface area contributed by atoms with Gasteiger partial charge >= 0.3 is 0 Å². The molecular formula is C19H25N5O2. The van der Waals surface area contributed by atoms with Crippen LogP contribution in [0, 0.1) is 5.92 Å². The molecular weight excluding hydrogens is 330 g/mol. The number of pyridine rings is 1. The van der Waals surface area contributed by atoms with E-state index in [1.54, 1.807) is 6.20 Å². The van der Waals surface area contributed by atoms with E-state index in [-0.39, 0.29) is 23.8 Å². The highest BCUT2D eigenvalue weighted by Gasteiger charge is 2.40. The van der Waals surface area contributed by atoms with Gasteiger partial charge in [-0.15, -0.1) is 0 Å². The van der Waals surface area contributed by atoms with E-state index in [0.717, 1.165) is 37.4 Å². The van der Waals surface area contributed by atoms with E-state index < -0.39 is 0 Å². The lowest BCUT2D eigenvalue weighted by molar-refractivity contribution is -0.140. The number of rotatable bonds is 5. The minimum absolute atomic E-state index is 0.0463. The summed E-state index contributed by atoms with van der Waals surface area (Å²) in [4.78, 5) is 26.1. The Hall–Kier alpha value is -2.28. The van der Waals surface area contributed by atoms with Crippen molar-refractivity contribution in [3.63, 3.8) is 0 Å². The zero-order valence-electron chi connectivity index (χ0n) is 15.3. The first-order valence-corrected chi connectivity index (χ1v) is 9.35. The highest BCUT2D eigenvalue weighted by molar-refractivity contribution is 5.80. The molecule has 0 N–H and O–H groups in total. The van der Waals surface area contributed by atoms with Crippen molar-refractivity contribution in [2.75, 3.05) is 13.1 Å². The Morgan fingerprint density at radius 2 is 2.12 bits per heavy atom. The lowest BCUT2D eigenvalue weighted by Crippen LogP contribution is -2.47. The fourth-order valence-corrected chi connectivity index (χ4v) is 3.89. The number of fused-ring (bicyclic) bond motifs is 4. The first-order valence-electron chi connectivity index (χ1n) is 9.35. The fraction of sp³-hybridized carbons (Fsp3) is 0.579. The maximum absolute atomic E-state index is 12.9. The summed E-state index contributed by atoms with van der Waals surface area (Å²) in [5, 5.41) is 4.05. The molecule has 3 aliphatic rings. The van der Waals surface area contributed by atoms with Crippen LogP contribution in [0.5, 0.6) is 0 Å². The van der Waals surface area contributed by atoms with Crippen molar-refractivity contribution in [2.24, 2.45) is 5.92 Å². The number of carbonyl (C=O) groups is 1. The first kappa shape index (κ1) is 17.1. The predicted molar refractivity (Wildman–Crippen MR) is 95.0 cm³/mol. The van der Waals surface area contributed by atoms with Crippen LogP contribution in [-0.4, -0.2) is 50.0 Å². The summed E-state index contributed by atoms with van der Waals surface area (Å²) in [7, 11) is 0. The average Bonchev–Trinajstić information content (AvgIpc) is 2.95. The van der Waals surface area contributed by atoms with Gasteiger partial charge in [0.25, 0.3) is 0 Å². The van der Waals surface area contributed by atoms with Crippen LogP contribution in [0.2, 0.25) is 0 Å². The summed E-state index contributed by atoms with van der Waals surface area (Å²) < 4.78 is 5.40. The van der Waals surface area contributed by atoms with E-state index in [4.69, 9.17) is 4.52 Å². The molecule has 1 amide bonds. The quantitative estimate of drug-likeness (QED) is 0.818. The zero-order valence-corrected chi connectivity index (χ0v) is 15.3. The molecule has 0 spiro atoms. The Morgan fingerprint density at radius 3 is 2.85 bits per heavy atom. The van der Waals surface area contributed by atoms with E-state index >= 15 is 0 Å². The van der Waals surface area contributed by atoms with Crippen LogP contribution in [0.15, 0.2) is 28.9 Å². The molecule has 26 heavy (non-hydrogen) atoms. The number of piperidine rings is 1. The summed E-state index contributed by atoms with van der Waals surface area (Å²) in [6, 6.07) is 6.07. The van der Waals surface area contributed by atoms with Crippen molar-refractivity contribution in [2.45, 2.75) is 51.7 Å². The van der Waals surface area contributed by atoms with E-state index in [2.05, 4.69) is 33.9 Å². The molecule has 138 valence electrons. The second-order valence-corrected chi connectivity index (χ2v) is 7.61. The minimum atomic E-state index is 0.0463. The number of amides is 1. The normalized spacial score (nSPS) is 23.7. The van der Waals surface area contributed by atoms with Crippen molar-refractivity contribution < 1.29 is 9.32 Å². The summed E-state index contributed by atoms with van der Waals surface area (Å²) in [5.74, 6) is 1.93. The number of hydrogen-bond donors (Lipinski definition) is 0. The third kappa shape index (κ3) is 3.49. The van der Waals surface area contributed by atoms with Gasteiger partial charge < -0.3 is 9.42 Å². The Balaban J connectivity index is 1.47. The van der Waals surface area contributed by atoms with Crippen molar-refractivity contribution in [1.82, 2.24) is 24.9 Å². The van der Waals surface area contributed by atoms with Gasteiger partial charge in [-0.25, -0.2) is 0 Å². The summed E-state index contributed by atoms with van der Waals surface area (Å²) in [6.07, 6.45) is 3.78. The van der Waals surface area contributed by atoms with Crippen molar-refractivity contribution >= 4 is 5.91 Å². The van der Waals surface area contributed by atoms with Gasteiger partial charge in [-0.3, -0.25) is 14.7 Å². The monoisotopic (exact) mass is 355 g/mol. The second kappa shape index (κ2) is 7.15. The van der Waals surface area contributed by atoms with E-state index in [9.17, 15) is 4.79 Å². The lowest BCUT2D eigenvalue weighted by Gasteiger charge is -2.35. The molecule has 5 rings (SSSR count). The second-order valence-electron chi connectivity index (χ2n) is 7.61. The molecule has 2 bridgehead atoms. The van der Waals surface area contributed by atoms with Crippen molar-refractivity contribution in [3.05, 3.63) is 41.8 Å². The summed E-state index contributed by atoms with van der Waals surface area (Å²) in [6.45, 7) is 6.90. The van der Waals surface area contributed by atoms with Crippen LogP contribution in [-0.2, 0) is 17.9 Å². The van der Waals surface area contributed by atoms with Gasteiger partial charge in [0, 0.05) is 31.2 Å². The van der Waals surface area contributed by atoms with Crippen LogP contribution in [0.25, 0.3) is 0 Å². The minimum Gasteiger partial charge on any atom is -0.338 e. The standard InChI is InChI=1S/C19H25N5O2/c1-13(2)18-21-17(26-22-18)12-23-9-14-6-7-16(11-23)24(19(14)25)10-15-5-3-4-8-20-15/h3-5,8,13-14,16H,6-7,9-12H2,1-2H3/t14-,16+/m0/s1. The van der Waals surface area contributed by atoms with E-state index in [1.165, 1.54) is 0 Å². The predicted octanol–water partition coefficient (Wildman–Crippen LogP) is 2.21. The highest BCUT2D eigenvalue weighted by Crippen LogP contribution is 2.30. The molecule has 2 aromatic rings. The molecule has 7 nitrogen and oxygen atoms in total. The first-order chi connectivity index (χ1) is 12.6. The molecule has 2 atom stereocenters. The average molecular weight is 355 g/mol. The Bertz CT molecular complexity index is 760. The van der Waals surface area contributed by atoms with Gasteiger partial charge in [-0.05, 0) is 25.0 Å². The molecule has 0 aliphatic carbocycles. The molecule has 0 unspecified atom stereocenters. The van der Waals surface area contributed by atoms with Gasteiger partial charge in [-0.1, -0.05) is 25.1 Å². The lowest BCUT2D eigenvalue weighted by atomic mass is 9.94. The molecule has 3 saturated heterocycles. The third-order valence-corrected chi connectivity index (χ3v) is 5.29.